The van der Waals surface area contributed by atoms with E-state index in [1.165, 1.54) is 4.90 Å². The van der Waals surface area contributed by atoms with Gasteiger partial charge >= 0.3 is 0 Å². The summed E-state index contributed by atoms with van der Waals surface area (Å²) in [6.45, 7) is 2.44. The molecular formula is C20H25N3O4. The zero-order valence-corrected chi connectivity index (χ0v) is 15.6. The fourth-order valence-corrected chi connectivity index (χ4v) is 4.30. The van der Waals surface area contributed by atoms with Crippen molar-refractivity contribution in [3.8, 4) is 0 Å². The Hall–Kier alpha value is -2.25. The van der Waals surface area contributed by atoms with E-state index < -0.39 is 0 Å². The number of fused-ring (bicyclic) bond motifs is 1. The zero-order chi connectivity index (χ0) is 19.0. The average Bonchev–Trinajstić information content (AvgIpc) is 3.40. The standard InChI is InChI=1S/C20H25N3O4/c1-21-11-14-4-2-8-22(14)18(24)13-6-7-16-17(10-13)20(26)23(19(16)25)12-15-5-3-9-27-15/h6-7,10,14-15,21H,2-5,8-9,11-12H2,1H3. The Morgan fingerprint density at radius 3 is 2.74 bits per heavy atom. The van der Waals surface area contributed by atoms with Gasteiger partial charge in [0.1, 0.15) is 0 Å². The van der Waals surface area contributed by atoms with Crippen molar-refractivity contribution < 1.29 is 19.1 Å². The van der Waals surface area contributed by atoms with Gasteiger partial charge in [-0.2, -0.15) is 0 Å². The Morgan fingerprint density at radius 1 is 1.19 bits per heavy atom. The molecule has 1 aromatic carbocycles. The Balaban J connectivity index is 1.54. The van der Waals surface area contributed by atoms with Gasteiger partial charge in [-0.15, -0.1) is 0 Å². The summed E-state index contributed by atoms with van der Waals surface area (Å²) in [5, 5.41) is 3.13. The van der Waals surface area contributed by atoms with Gasteiger partial charge in [-0.25, -0.2) is 0 Å². The Morgan fingerprint density at radius 2 is 2.00 bits per heavy atom. The number of hydrogen-bond donors (Lipinski definition) is 1. The van der Waals surface area contributed by atoms with E-state index in [0.717, 1.165) is 38.8 Å². The van der Waals surface area contributed by atoms with Crippen LogP contribution in [0.1, 0.15) is 56.8 Å². The number of rotatable bonds is 5. The van der Waals surface area contributed by atoms with Crippen molar-refractivity contribution >= 4 is 17.7 Å². The van der Waals surface area contributed by atoms with Crippen LogP contribution in [0.4, 0.5) is 0 Å². The van der Waals surface area contributed by atoms with Gasteiger partial charge in [-0.05, 0) is 50.9 Å². The third-order valence-electron chi connectivity index (χ3n) is 5.71. The van der Waals surface area contributed by atoms with Crippen LogP contribution in [0.3, 0.4) is 0 Å². The quantitative estimate of drug-likeness (QED) is 0.789. The molecule has 7 nitrogen and oxygen atoms in total. The minimum atomic E-state index is -0.326. The second-order valence-electron chi connectivity index (χ2n) is 7.47. The lowest BCUT2D eigenvalue weighted by molar-refractivity contribution is 0.0475. The van der Waals surface area contributed by atoms with E-state index in [0.29, 0.717) is 23.3 Å². The lowest BCUT2D eigenvalue weighted by Gasteiger charge is -2.24. The minimum Gasteiger partial charge on any atom is -0.376 e. The molecule has 4 rings (SSSR count). The first-order valence-corrected chi connectivity index (χ1v) is 9.67. The van der Waals surface area contributed by atoms with Crippen LogP contribution in [0.5, 0.6) is 0 Å². The van der Waals surface area contributed by atoms with Crippen LogP contribution in [0.15, 0.2) is 18.2 Å². The lowest BCUT2D eigenvalue weighted by Crippen LogP contribution is -2.40. The summed E-state index contributed by atoms with van der Waals surface area (Å²) < 4.78 is 5.56. The molecule has 0 aromatic heterocycles. The molecule has 7 heteroatoms. The molecule has 2 atom stereocenters. The van der Waals surface area contributed by atoms with Crippen molar-refractivity contribution in [2.75, 3.05) is 33.3 Å². The number of nitrogens with zero attached hydrogens (tertiary/aromatic N) is 2. The Bertz CT molecular complexity index is 772. The number of likely N-dealkylation sites (tertiary alicyclic amines) is 1. The van der Waals surface area contributed by atoms with Crippen molar-refractivity contribution in [1.29, 1.82) is 0 Å². The summed E-state index contributed by atoms with van der Waals surface area (Å²) in [5.74, 6) is -0.694. The fourth-order valence-electron chi connectivity index (χ4n) is 4.30. The molecule has 1 aromatic rings. The van der Waals surface area contributed by atoms with E-state index in [-0.39, 0.29) is 36.4 Å². The molecule has 2 fully saturated rings. The Labute approximate surface area is 158 Å². The zero-order valence-electron chi connectivity index (χ0n) is 15.6. The van der Waals surface area contributed by atoms with E-state index in [9.17, 15) is 14.4 Å². The monoisotopic (exact) mass is 371 g/mol. The number of likely N-dealkylation sites (N-methyl/N-ethyl adjacent to an activating group) is 1. The molecule has 0 bridgehead atoms. The van der Waals surface area contributed by atoms with Gasteiger partial charge < -0.3 is 15.0 Å². The number of hydrogen-bond acceptors (Lipinski definition) is 5. The van der Waals surface area contributed by atoms with E-state index in [4.69, 9.17) is 4.74 Å². The first kappa shape index (κ1) is 18.1. The maximum Gasteiger partial charge on any atom is 0.261 e. The van der Waals surface area contributed by atoms with Gasteiger partial charge in [0.25, 0.3) is 17.7 Å². The fraction of sp³-hybridized carbons (Fsp3) is 0.550. The largest absolute Gasteiger partial charge is 0.376 e. The van der Waals surface area contributed by atoms with E-state index in [1.807, 2.05) is 11.9 Å². The predicted molar refractivity (Wildman–Crippen MR) is 98.8 cm³/mol. The molecule has 3 amide bonds. The maximum absolute atomic E-state index is 12.9. The van der Waals surface area contributed by atoms with Gasteiger partial charge in [0, 0.05) is 31.3 Å². The van der Waals surface area contributed by atoms with Crippen LogP contribution in [-0.2, 0) is 4.74 Å². The molecule has 144 valence electrons. The highest BCUT2D eigenvalue weighted by Crippen LogP contribution is 2.27. The summed E-state index contributed by atoms with van der Waals surface area (Å²) in [7, 11) is 1.88. The van der Waals surface area contributed by atoms with Gasteiger partial charge in [-0.1, -0.05) is 0 Å². The smallest absolute Gasteiger partial charge is 0.261 e. The number of nitrogens with one attached hydrogen (secondary N) is 1. The van der Waals surface area contributed by atoms with Crippen LogP contribution in [0.25, 0.3) is 0 Å². The molecule has 2 unspecified atom stereocenters. The van der Waals surface area contributed by atoms with Crippen molar-refractivity contribution in [3.63, 3.8) is 0 Å². The predicted octanol–water partition coefficient (Wildman–Crippen LogP) is 1.29. The van der Waals surface area contributed by atoms with Crippen LogP contribution in [0.2, 0.25) is 0 Å². The number of carbonyl (C=O) groups excluding carboxylic acids is 3. The summed E-state index contributed by atoms with van der Waals surface area (Å²) in [6, 6.07) is 5.03. The van der Waals surface area contributed by atoms with Crippen LogP contribution in [0, 0.1) is 0 Å². The first-order chi connectivity index (χ1) is 13.1. The highest BCUT2D eigenvalue weighted by atomic mass is 16.5. The van der Waals surface area contributed by atoms with Gasteiger partial charge in [-0.3, -0.25) is 19.3 Å². The van der Waals surface area contributed by atoms with E-state index >= 15 is 0 Å². The highest BCUT2D eigenvalue weighted by molar-refractivity contribution is 6.22. The normalized spacial score (nSPS) is 24.8. The summed E-state index contributed by atoms with van der Waals surface area (Å²) in [4.78, 5) is 41.5. The molecule has 0 aliphatic carbocycles. The van der Waals surface area contributed by atoms with Crippen LogP contribution < -0.4 is 5.32 Å². The average molecular weight is 371 g/mol. The summed E-state index contributed by atoms with van der Waals surface area (Å²) in [6.07, 6.45) is 3.69. The summed E-state index contributed by atoms with van der Waals surface area (Å²) >= 11 is 0. The first-order valence-electron chi connectivity index (χ1n) is 9.67. The van der Waals surface area contributed by atoms with Crippen LogP contribution >= 0.6 is 0 Å². The highest BCUT2D eigenvalue weighted by Gasteiger charge is 2.38. The second kappa shape index (κ2) is 7.40. The topological polar surface area (TPSA) is 79.0 Å². The van der Waals surface area contributed by atoms with E-state index in [2.05, 4.69) is 5.32 Å². The number of imide groups is 1. The molecule has 0 saturated carbocycles. The van der Waals surface area contributed by atoms with Crippen molar-refractivity contribution in [2.45, 2.75) is 37.8 Å². The van der Waals surface area contributed by atoms with Gasteiger partial charge in [0.2, 0.25) is 0 Å². The molecule has 27 heavy (non-hydrogen) atoms. The van der Waals surface area contributed by atoms with Gasteiger partial charge in [0.15, 0.2) is 0 Å². The maximum atomic E-state index is 12.9. The SMILES string of the molecule is CNCC1CCCN1C(=O)c1ccc2c(c1)C(=O)N(CC1CCCO1)C2=O. The number of carbonyl (C=O) groups is 3. The lowest BCUT2D eigenvalue weighted by atomic mass is 10.0. The van der Waals surface area contributed by atoms with Crippen molar-refractivity contribution in [3.05, 3.63) is 34.9 Å². The van der Waals surface area contributed by atoms with Crippen molar-refractivity contribution in [1.82, 2.24) is 15.1 Å². The third kappa shape index (κ3) is 3.26. The molecule has 3 aliphatic heterocycles. The molecular weight excluding hydrogens is 346 g/mol. The second-order valence-corrected chi connectivity index (χ2v) is 7.47. The molecule has 1 N–H and O–H groups in total. The molecule has 2 saturated heterocycles. The Kier molecular flexibility index (Phi) is 4.97. The third-order valence-corrected chi connectivity index (χ3v) is 5.71. The molecule has 3 heterocycles. The van der Waals surface area contributed by atoms with E-state index in [1.54, 1.807) is 18.2 Å². The molecule has 0 radical (unpaired) electrons. The van der Waals surface area contributed by atoms with Crippen molar-refractivity contribution in [2.24, 2.45) is 0 Å². The van der Waals surface area contributed by atoms with Crippen LogP contribution in [-0.4, -0.2) is 73.0 Å². The summed E-state index contributed by atoms with van der Waals surface area (Å²) in [5.41, 5.74) is 1.17. The molecule has 3 aliphatic rings. The number of ether oxygens (including phenoxy) is 1. The molecule has 0 spiro atoms. The minimum absolute atomic E-state index is 0.0756. The van der Waals surface area contributed by atoms with Gasteiger partial charge in [0.05, 0.1) is 23.8 Å². The number of benzene rings is 1. The number of amides is 3.